The maximum atomic E-state index is 13.1. The fraction of sp³-hybridized carbons (Fsp3) is 0.543. The Balaban J connectivity index is 0.00000616. The first-order valence-electron chi connectivity index (χ1n) is 15.7. The van der Waals surface area contributed by atoms with Crippen LogP contribution in [0.4, 0.5) is 16.2 Å². The molecule has 2 N–H and O–H groups in total. The van der Waals surface area contributed by atoms with Crippen molar-refractivity contribution in [3.8, 4) is 5.75 Å². The number of hydrogen-bond acceptors (Lipinski definition) is 3. The lowest BCUT2D eigenvalue weighted by Gasteiger charge is -2.22. The summed E-state index contributed by atoms with van der Waals surface area (Å²) in [6, 6.07) is 13.8. The van der Waals surface area contributed by atoms with Crippen molar-refractivity contribution in [2.24, 2.45) is 0 Å². The van der Waals surface area contributed by atoms with Gasteiger partial charge in [0, 0.05) is 5.56 Å². The number of thiazole rings is 1. The van der Waals surface area contributed by atoms with Gasteiger partial charge in [-0.2, -0.15) is 4.57 Å². The van der Waals surface area contributed by atoms with Crippen LogP contribution in [0.25, 0.3) is 0 Å². The van der Waals surface area contributed by atoms with Gasteiger partial charge in [-0.05, 0) is 35.6 Å². The molecule has 42 heavy (non-hydrogen) atoms. The van der Waals surface area contributed by atoms with E-state index in [-0.39, 0.29) is 28.4 Å². The van der Waals surface area contributed by atoms with E-state index in [0.29, 0.717) is 18.8 Å². The largest absolute Gasteiger partial charge is 1.00 e. The van der Waals surface area contributed by atoms with E-state index in [2.05, 4.69) is 60.5 Å². The monoisotopic (exact) mass is 657 g/mol. The van der Waals surface area contributed by atoms with Gasteiger partial charge < -0.3 is 32.4 Å². The fourth-order valence-corrected chi connectivity index (χ4v) is 5.54. The number of carbonyl (C=O) groups excluding carboxylic acids is 1. The Morgan fingerprint density at radius 3 is 2.07 bits per heavy atom. The molecule has 1 heterocycles. The van der Waals surface area contributed by atoms with Crippen LogP contribution < -0.4 is 36.9 Å². The number of amides is 2. The van der Waals surface area contributed by atoms with Crippen molar-refractivity contribution in [3.63, 3.8) is 0 Å². The highest BCUT2D eigenvalue weighted by Gasteiger charge is 2.18. The molecule has 0 spiro atoms. The quantitative estimate of drug-likeness (QED) is 0.113. The number of nitrogens with zero attached hydrogens (tertiary/aromatic N) is 1. The summed E-state index contributed by atoms with van der Waals surface area (Å²) >= 11 is 1.65. The molecule has 3 rings (SSSR count). The van der Waals surface area contributed by atoms with Gasteiger partial charge in [-0.3, -0.25) is 0 Å². The van der Waals surface area contributed by atoms with Crippen LogP contribution in [-0.2, 0) is 12.0 Å². The van der Waals surface area contributed by atoms with E-state index < -0.39 is 0 Å². The zero-order chi connectivity index (χ0) is 29.3. The van der Waals surface area contributed by atoms with Gasteiger partial charge in [0.1, 0.15) is 5.75 Å². The van der Waals surface area contributed by atoms with Gasteiger partial charge in [0.2, 0.25) is 5.51 Å². The van der Waals surface area contributed by atoms with Crippen molar-refractivity contribution in [1.29, 1.82) is 0 Å². The Morgan fingerprint density at radius 2 is 1.45 bits per heavy atom. The molecule has 0 aliphatic rings. The van der Waals surface area contributed by atoms with Gasteiger partial charge in [0.15, 0.2) is 12.7 Å². The molecule has 0 saturated heterocycles. The smallest absolute Gasteiger partial charge is 0.323 e. The molecule has 0 atom stereocenters. The summed E-state index contributed by atoms with van der Waals surface area (Å²) in [4.78, 5) is 13.1. The zero-order valence-electron chi connectivity index (χ0n) is 26.2. The lowest BCUT2D eigenvalue weighted by atomic mass is 9.87. The number of hydrogen-bond donors (Lipinski definition) is 2. The van der Waals surface area contributed by atoms with E-state index in [1.165, 1.54) is 76.2 Å². The van der Waals surface area contributed by atoms with Gasteiger partial charge in [-0.1, -0.05) is 134 Å². The van der Waals surface area contributed by atoms with E-state index in [9.17, 15) is 4.79 Å². The predicted octanol–water partition coefficient (Wildman–Crippen LogP) is 7.11. The van der Waals surface area contributed by atoms with Gasteiger partial charge in [-0.15, -0.1) is 0 Å². The standard InChI is InChI=1S/C35H51N3O2S.BrH/c1-5-6-7-8-9-10-11-12-13-14-15-18-24-40-33-26-30(35(2,3)4)21-22-32(33)37-34(39)36-31-20-17-16-19-29(31)27-38-23-25-41-28-38;/h16-17,19-23,25-26,28H,5-15,18,24,27H2,1-4H3,(H-,36,37,39);1H. The molecule has 0 aliphatic heterocycles. The highest BCUT2D eigenvalue weighted by Crippen LogP contribution is 2.32. The second-order valence-corrected chi connectivity index (χ2v) is 12.9. The summed E-state index contributed by atoms with van der Waals surface area (Å²) in [5, 5.41) is 8.13. The molecule has 232 valence electrons. The fourth-order valence-electron chi connectivity index (χ4n) is 4.94. The molecule has 0 saturated carbocycles. The van der Waals surface area contributed by atoms with E-state index in [4.69, 9.17) is 4.74 Å². The van der Waals surface area contributed by atoms with Crippen LogP contribution in [0.2, 0.25) is 0 Å². The maximum Gasteiger partial charge on any atom is 0.323 e. The number of para-hydroxylation sites is 1. The van der Waals surface area contributed by atoms with Crippen LogP contribution in [0.3, 0.4) is 0 Å². The highest BCUT2D eigenvalue weighted by molar-refractivity contribution is 7.07. The Bertz CT molecular complexity index is 1160. The van der Waals surface area contributed by atoms with Crippen molar-refractivity contribution in [2.75, 3.05) is 17.2 Å². The van der Waals surface area contributed by atoms with Crippen LogP contribution in [0.1, 0.15) is 116 Å². The second kappa shape index (κ2) is 19.7. The van der Waals surface area contributed by atoms with Crippen LogP contribution in [-0.4, -0.2) is 12.6 Å². The van der Waals surface area contributed by atoms with E-state index in [1.54, 1.807) is 11.3 Å². The molecule has 2 amide bonds. The molecule has 0 bridgehead atoms. The Morgan fingerprint density at radius 1 is 0.833 bits per heavy atom. The summed E-state index contributed by atoms with van der Waals surface area (Å²) in [6.07, 6.45) is 17.8. The molecule has 5 nitrogen and oxygen atoms in total. The molecule has 0 fully saturated rings. The topological polar surface area (TPSA) is 54.2 Å². The minimum atomic E-state index is -0.272. The third-order valence-electron chi connectivity index (χ3n) is 7.50. The van der Waals surface area contributed by atoms with Crippen molar-refractivity contribution in [3.05, 3.63) is 70.7 Å². The molecular weight excluding hydrogens is 606 g/mol. The first-order chi connectivity index (χ1) is 19.9. The summed E-state index contributed by atoms with van der Waals surface area (Å²) in [5.41, 5.74) is 5.79. The number of benzene rings is 2. The maximum absolute atomic E-state index is 13.1. The Hall–Kier alpha value is -2.38. The molecular formula is C35H52BrN3O2S. The summed E-state index contributed by atoms with van der Waals surface area (Å²) in [5.74, 6) is 0.734. The molecule has 3 aromatic rings. The summed E-state index contributed by atoms with van der Waals surface area (Å²) in [7, 11) is 0. The molecule has 0 radical (unpaired) electrons. The second-order valence-electron chi connectivity index (χ2n) is 12.1. The van der Waals surface area contributed by atoms with Gasteiger partial charge in [0.25, 0.3) is 0 Å². The molecule has 0 aliphatic carbocycles. The van der Waals surface area contributed by atoms with Crippen LogP contribution in [0.5, 0.6) is 5.75 Å². The van der Waals surface area contributed by atoms with Crippen LogP contribution >= 0.6 is 11.3 Å². The van der Waals surface area contributed by atoms with Crippen molar-refractivity contribution < 1.29 is 31.1 Å². The summed E-state index contributed by atoms with van der Waals surface area (Å²) in [6.45, 7) is 10.2. The number of halogens is 1. The number of rotatable bonds is 18. The zero-order valence-corrected chi connectivity index (χ0v) is 28.6. The lowest BCUT2D eigenvalue weighted by molar-refractivity contribution is -0.683. The van der Waals surface area contributed by atoms with Crippen LogP contribution in [0, 0.1) is 0 Å². The summed E-state index contributed by atoms with van der Waals surface area (Å²) < 4.78 is 8.37. The van der Waals surface area contributed by atoms with E-state index >= 15 is 0 Å². The highest BCUT2D eigenvalue weighted by atomic mass is 79.9. The number of ether oxygens (including phenoxy) is 1. The third-order valence-corrected chi connectivity index (χ3v) is 8.17. The minimum absolute atomic E-state index is 0. The van der Waals surface area contributed by atoms with Gasteiger partial charge in [0.05, 0.1) is 23.4 Å². The SMILES string of the molecule is CCCCCCCCCCCCCCOc1cc(C(C)(C)C)ccc1NC(=O)Nc1ccccc1C[n+]1ccsc1.[Br-]. The average Bonchev–Trinajstić information content (AvgIpc) is 3.45. The van der Waals surface area contributed by atoms with E-state index in [1.807, 2.05) is 41.9 Å². The predicted molar refractivity (Wildman–Crippen MR) is 174 cm³/mol. The van der Waals surface area contributed by atoms with E-state index in [0.717, 1.165) is 23.4 Å². The number of unbranched alkanes of at least 4 members (excludes halogenated alkanes) is 11. The number of aromatic nitrogens is 1. The third kappa shape index (κ3) is 13.3. The number of carbonyl (C=O) groups is 1. The first-order valence-corrected chi connectivity index (χ1v) is 16.7. The number of anilines is 2. The normalized spacial score (nSPS) is 11.1. The molecule has 2 aromatic carbocycles. The number of urea groups is 1. The van der Waals surface area contributed by atoms with Gasteiger partial charge in [-0.25, -0.2) is 4.79 Å². The van der Waals surface area contributed by atoms with Crippen LogP contribution in [0.15, 0.2) is 59.6 Å². The average molecular weight is 659 g/mol. The molecule has 7 heteroatoms. The Kier molecular flexibility index (Phi) is 16.8. The molecule has 1 aromatic heterocycles. The minimum Gasteiger partial charge on any atom is -1.00 e. The van der Waals surface area contributed by atoms with Crippen molar-refractivity contribution >= 4 is 28.7 Å². The van der Waals surface area contributed by atoms with Gasteiger partial charge >= 0.3 is 6.03 Å². The molecule has 0 unspecified atom stereocenters. The van der Waals surface area contributed by atoms with Crippen molar-refractivity contribution in [1.82, 2.24) is 0 Å². The lowest BCUT2D eigenvalue weighted by Crippen LogP contribution is -3.00. The Labute approximate surface area is 269 Å². The first kappa shape index (κ1) is 35.8. The van der Waals surface area contributed by atoms with Crippen molar-refractivity contribution in [2.45, 2.75) is 117 Å². The number of nitrogens with one attached hydrogen (secondary N) is 2.